The largest absolute Gasteiger partial charge is 0.325 e. The van der Waals surface area contributed by atoms with Gasteiger partial charge in [-0.15, -0.1) is 0 Å². The summed E-state index contributed by atoms with van der Waals surface area (Å²) in [6.45, 7) is 14.4. The molecule has 0 aromatic rings. The lowest BCUT2D eigenvalue weighted by atomic mass is 9.70. The highest BCUT2D eigenvalue weighted by Crippen LogP contribution is 2.42. The molecule has 2 atom stereocenters. The molecule has 0 radical (unpaired) electrons. The van der Waals surface area contributed by atoms with E-state index in [1.54, 1.807) is 0 Å². The summed E-state index contributed by atoms with van der Waals surface area (Å²) in [4.78, 5) is 0. The fourth-order valence-electron chi connectivity index (χ4n) is 4.07. The SMILES string of the molecule is CCCC1(C)CCCCC(C)(C)CCC(N)(C(C)C)CC1. The molecule has 0 amide bonds. The number of rotatable bonds is 3. The first-order valence-corrected chi connectivity index (χ1v) is 9.41. The summed E-state index contributed by atoms with van der Waals surface area (Å²) in [6.07, 6.45) is 13.2. The minimum Gasteiger partial charge on any atom is -0.325 e. The Balaban J connectivity index is 2.88. The predicted octanol–water partition coefficient (Wildman–Crippen LogP) is 6.31. The lowest BCUT2D eigenvalue weighted by Crippen LogP contribution is -2.46. The normalized spacial score (nSPS) is 35.4. The van der Waals surface area contributed by atoms with E-state index < -0.39 is 0 Å². The molecule has 1 saturated carbocycles. The van der Waals surface area contributed by atoms with E-state index in [0.29, 0.717) is 16.7 Å². The smallest absolute Gasteiger partial charge is 0.0178 e. The van der Waals surface area contributed by atoms with Crippen molar-refractivity contribution < 1.29 is 0 Å². The van der Waals surface area contributed by atoms with Crippen LogP contribution in [0.25, 0.3) is 0 Å². The summed E-state index contributed by atoms with van der Waals surface area (Å²) in [5.74, 6) is 0.583. The molecule has 0 bridgehead atoms. The minimum atomic E-state index is 0.0383. The Morgan fingerprint density at radius 1 is 0.857 bits per heavy atom. The second-order valence-corrected chi connectivity index (χ2v) is 9.32. The van der Waals surface area contributed by atoms with E-state index in [1.807, 2.05) is 0 Å². The highest BCUT2D eigenvalue weighted by molar-refractivity contribution is 4.92. The van der Waals surface area contributed by atoms with Crippen molar-refractivity contribution in [2.75, 3.05) is 0 Å². The molecule has 1 nitrogen and oxygen atoms in total. The lowest BCUT2D eigenvalue weighted by molar-refractivity contribution is 0.170. The van der Waals surface area contributed by atoms with Crippen LogP contribution in [0.2, 0.25) is 0 Å². The molecule has 0 spiro atoms. The molecule has 1 rings (SSSR count). The van der Waals surface area contributed by atoms with Crippen LogP contribution in [-0.4, -0.2) is 5.54 Å². The van der Waals surface area contributed by atoms with Gasteiger partial charge in [-0.25, -0.2) is 0 Å². The average Bonchev–Trinajstić information content (AvgIpc) is 2.41. The van der Waals surface area contributed by atoms with Crippen LogP contribution in [0.5, 0.6) is 0 Å². The van der Waals surface area contributed by atoms with Crippen LogP contribution in [0.1, 0.15) is 106 Å². The molecule has 1 fully saturated rings. The van der Waals surface area contributed by atoms with Crippen molar-refractivity contribution in [3.8, 4) is 0 Å². The van der Waals surface area contributed by atoms with Gasteiger partial charge in [0, 0.05) is 5.54 Å². The molecule has 0 aromatic carbocycles. The molecular weight excluding hydrogens is 254 g/mol. The Labute approximate surface area is 134 Å². The zero-order chi connectivity index (χ0) is 16.1. The van der Waals surface area contributed by atoms with Gasteiger partial charge in [0.05, 0.1) is 0 Å². The highest BCUT2D eigenvalue weighted by atomic mass is 14.8. The van der Waals surface area contributed by atoms with Crippen LogP contribution < -0.4 is 5.73 Å². The maximum Gasteiger partial charge on any atom is 0.0178 e. The van der Waals surface area contributed by atoms with Crippen molar-refractivity contribution in [3.05, 3.63) is 0 Å². The summed E-state index contributed by atoms with van der Waals surface area (Å²) in [5.41, 5.74) is 7.90. The molecule has 21 heavy (non-hydrogen) atoms. The molecule has 0 aromatic heterocycles. The first-order chi connectivity index (χ1) is 9.63. The molecular formula is C20H41N. The van der Waals surface area contributed by atoms with Gasteiger partial charge in [0.25, 0.3) is 0 Å². The lowest BCUT2D eigenvalue weighted by Gasteiger charge is -2.39. The Bertz CT molecular complexity index is 307. The van der Waals surface area contributed by atoms with Crippen LogP contribution in [0.3, 0.4) is 0 Å². The summed E-state index contributed by atoms with van der Waals surface area (Å²) < 4.78 is 0. The average molecular weight is 296 g/mol. The van der Waals surface area contributed by atoms with Crippen LogP contribution in [0.4, 0.5) is 0 Å². The number of hydrogen-bond acceptors (Lipinski definition) is 1. The number of hydrogen-bond donors (Lipinski definition) is 1. The van der Waals surface area contributed by atoms with Gasteiger partial charge in [-0.3, -0.25) is 0 Å². The maximum atomic E-state index is 6.88. The molecule has 0 saturated heterocycles. The van der Waals surface area contributed by atoms with Gasteiger partial charge in [-0.2, -0.15) is 0 Å². The molecule has 2 N–H and O–H groups in total. The van der Waals surface area contributed by atoms with Crippen molar-refractivity contribution in [2.45, 2.75) is 111 Å². The van der Waals surface area contributed by atoms with E-state index in [9.17, 15) is 0 Å². The zero-order valence-electron chi connectivity index (χ0n) is 15.7. The van der Waals surface area contributed by atoms with Crippen molar-refractivity contribution in [2.24, 2.45) is 22.5 Å². The summed E-state index contributed by atoms with van der Waals surface area (Å²) >= 11 is 0. The zero-order valence-corrected chi connectivity index (χ0v) is 15.7. The van der Waals surface area contributed by atoms with Crippen molar-refractivity contribution in [1.82, 2.24) is 0 Å². The van der Waals surface area contributed by atoms with Crippen molar-refractivity contribution in [3.63, 3.8) is 0 Å². The van der Waals surface area contributed by atoms with Gasteiger partial charge >= 0.3 is 0 Å². The fourth-order valence-corrected chi connectivity index (χ4v) is 4.07. The second kappa shape index (κ2) is 7.49. The topological polar surface area (TPSA) is 26.0 Å². The van der Waals surface area contributed by atoms with Crippen LogP contribution in [-0.2, 0) is 0 Å². The van der Waals surface area contributed by atoms with Crippen molar-refractivity contribution in [1.29, 1.82) is 0 Å². The molecule has 126 valence electrons. The van der Waals surface area contributed by atoms with E-state index in [1.165, 1.54) is 64.2 Å². The quantitative estimate of drug-likeness (QED) is 0.649. The minimum absolute atomic E-state index is 0.0383. The van der Waals surface area contributed by atoms with E-state index >= 15 is 0 Å². The van der Waals surface area contributed by atoms with E-state index in [0.717, 1.165) is 0 Å². The van der Waals surface area contributed by atoms with Gasteiger partial charge < -0.3 is 5.73 Å². The third-order valence-corrected chi connectivity index (χ3v) is 6.35. The van der Waals surface area contributed by atoms with Crippen molar-refractivity contribution >= 4 is 0 Å². The van der Waals surface area contributed by atoms with Crippen LogP contribution >= 0.6 is 0 Å². The summed E-state index contributed by atoms with van der Waals surface area (Å²) in [5, 5.41) is 0. The van der Waals surface area contributed by atoms with Gasteiger partial charge in [0.15, 0.2) is 0 Å². The first-order valence-electron chi connectivity index (χ1n) is 9.41. The molecule has 1 aliphatic carbocycles. The monoisotopic (exact) mass is 295 g/mol. The predicted molar refractivity (Wildman–Crippen MR) is 95.5 cm³/mol. The second-order valence-electron chi connectivity index (χ2n) is 9.32. The molecule has 0 aliphatic heterocycles. The Kier molecular flexibility index (Phi) is 6.78. The van der Waals surface area contributed by atoms with E-state index in [2.05, 4.69) is 41.5 Å². The fraction of sp³-hybridized carbons (Fsp3) is 1.00. The van der Waals surface area contributed by atoms with Crippen LogP contribution in [0.15, 0.2) is 0 Å². The molecule has 2 unspecified atom stereocenters. The maximum absolute atomic E-state index is 6.88. The summed E-state index contributed by atoms with van der Waals surface area (Å²) in [7, 11) is 0. The molecule has 1 heteroatoms. The van der Waals surface area contributed by atoms with E-state index in [4.69, 9.17) is 5.73 Å². The Morgan fingerprint density at radius 2 is 1.43 bits per heavy atom. The van der Waals surface area contributed by atoms with Gasteiger partial charge in [-0.05, 0) is 61.7 Å². The number of nitrogens with two attached hydrogens (primary N) is 1. The summed E-state index contributed by atoms with van der Waals surface area (Å²) in [6, 6.07) is 0. The standard InChI is InChI=1S/C20H41N/c1-7-10-19(6)12-9-8-11-18(4,5)13-15-20(21,16-14-19)17(2)3/h17H,7-16,21H2,1-6H3. The highest BCUT2D eigenvalue weighted by Gasteiger charge is 2.35. The van der Waals surface area contributed by atoms with Crippen LogP contribution in [0, 0.1) is 16.7 Å². The first kappa shape index (κ1) is 19.0. The third kappa shape index (κ3) is 5.93. The third-order valence-electron chi connectivity index (χ3n) is 6.35. The van der Waals surface area contributed by atoms with Gasteiger partial charge in [0.1, 0.15) is 0 Å². The Morgan fingerprint density at radius 3 is 2.00 bits per heavy atom. The van der Waals surface area contributed by atoms with E-state index in [-0.39, 0.29) is 5.54 Å². The molecule has 0 heterocycles. The van der Waals surface area contributed by atoms with Gasteiger partial charge in [-0.1, -0.05) is 60.8 Å². The Hall–Kier alpha value is -0.0400. The van der Waals surface area contributed by atoms with Gasteiger partial charge in [0.2, 0.25) is 0 Å². The molecule has 1 aliphatic rings.